The van der Waals surface area contributed by atoms with Crippen LogP contribution in [0.2, 0.25) is 0 Å². The average Bonchev–Trinajstić information content (AvgIpc) is 3.37. The van der Waals surface area contributed by atoms with Gasteiger partial charge >= 0.3 is 5.91 Å². The Bertz CT molecular complexity index is 1540. The van der Waals surface area contributed by atoms with Crippen LogP contribution in [0.15, 0.2) is 72.3 Å². The number of aliphatic hydroxyl groups excluding tert-OH is 1. The normalized spacial score (nSPS) is 17.3. The summed E-state index contributed by atoms with van der Waals surface area (Å²) in [6.45, 7) is 3.85. The van der Waals surface area contributed by atoms with Gasteiger partial charge < -0.3 is 5.11 Å². The van der Waals surface area contributed by atoms with E-state index >= 15 is 0 Å². The fourth-order valence-electron chi connectivity index (χ4n) is 4.11. The van der Waals surface area contributed by atoms with Gasteiger partial charge in [0.15, 0.2) is 5.13 Å². The Labute approximate surface area is 203 Å². The molecule has 35 heavy (non-hydrogen) atoms. The number of carbonyl (C=O) groups excluding carboxylic acids is 2. The first-order valence-electron chi connectivity index (χ1n) is 10.7. The molecule has 1 aliphatic rings. The van der Waals surface area contributed by atoms with Crippen LogP contribution in [-0.2, 0) is 9.59 Å². The number of nitrogens with zero attached hydrogens (tertiary/aromatic N) is 3. The maximum Gasteiger partial charge on any atom is 0.301 e. The summed E-state index contributed by atoms with van der Waals surface area (Å²) in [7, 11) is 0. The second kappa shape index (κ2) is 8.44. The molecule has 1 fully saturated rings. The van der Waals surface area contributed by atoms with E-state index < -0.39 is 22.7 Å². The molecule has 0 radical (unpaired) electrons. The van der Waals surface area contributed by atoms with Gasteiger partial charge in [0, 0.05) is 17.7 Å². The fourth-order valence-corrected chi connectivity index (χ4v) is 5.20. The van der Waals surface area contributed by atoms with E-state index in [4.69, 9.17) is 0 Å². The molecule has 3 aromatic carbocycles. The highest BCUT2D eigenvalue weighted by molar-refractivity contribution is 7.22. The first-order chi connectivity index (χ1) is 16.7. The zero-order valence-electron chi connectivity index (χ0n) is 18.8. The van der Waals surface area contributed by atoms with Gasteiger partial charge in [-0.05, 0) is 49.2 Å². The molecule has 0 unspecified atom stereocenters. The molecule has 0 bridgehead atoms. The van der Waals surface area contributed by atoms with E-state index in [9.17, 15) is 24.8 Å². The third kappa shape index (κ3) is 3.85. The minimum Gasteiger partial charge on any atom is -0.507 e. The molecule has 9 heteroatoms. The number of Topliss-reactive ketones (excluding diaryl/α,β-unsaturated/α-hetero) is 1. The number of nitro benzene ring substituents is 1. The van der Waals surface area contributed by atoms with Gasteiger partial charge in [-0.25, -0.2) is 4.98 Å². The van der Waals surface area contributed by atoms with Crippen LogP contribution in [0.3, 0.4) is 0 Å². The Balaban J connectivity index is 1.72. The number of aromatic nitrogens is 1. The summed E-state index contributed by atoms with van der Waals surface area (Å²) in [5.41, 5.74) is 3.29. The number of aliphatic hydroxyl groups is 1. The number of aryl methyl sites for hydroxylation is 2. The van der Waals surface area contributed by atoms with Crippen LogP contribution in [0.5, 0.6) is 0 Å². The Morgan fingerprint density at radius 3 is 2.31 bits per heavy atom. The minimum atomic E-state index is -1.00. The molecule has 174 valence electrons. The van der Waals surface area contributed by atoms with Crippen molar-refractivity contribution < 1.29 is 19.6 Å². The van der Waals surface area contributed by atoms with Crippen LogP contribution in [0.1, 0.15) is 28.3 Å². The number of carbonyl (C=O) groups is 2. The van der Waals surface area contributed by atoms with E-state index in [2.05, 4.69) is 4.98 Å². The fraction of sp³-hybridized carbons (Fsp3) is 0.115. The van der Waals surface area contributed by atoms with Crippen molar-refractivity contribution >= 4 is 49.8 Å². The molecule has 1 aliphatic heterocycles. The van der Waals surface area contributed by atoms with Gasteiger partial charge in [0.1, 0.15) is 5.76 Å². The van der Waals surface area contributed by atoms with Crippen molar-refractivity contribution in [2.75, 3.05) is 4.90 Å². The number of fused-ring (bicyclic) bond motifs is 1. The predicted molar refractivity (Wildman–Crippen MR) is 133 cm³/mol. The lowest BCUT2D eigenvalue weighted by Gasteiger charge is -2.22. The first kappa shape index (κ1) is 22.4. The molecule has 1 N–H and O–H groups in total. The smallest absolute Gasteiger partial charge is 0.301 e. The van der Waals surface area contributed by atoms with Gasteiger partial charge in [-0.1, -0.05) is 47.2 Å². The number of thiazole rings is 1. The van der Waals surface area contributed by atoms with Crippen LogP contribution < -0.4 is 4.90 Å². The van der Waals surface area contributed by atoms with Crippen molar-refractivity contribution in [2.24, 2.45) is 0 Å². The Kier molecular flexibility index (Phi) is 5.41. The van der Waals surface area contributed by atoms with E-state index in [0.717, 1.165) is 15.8 Å². The molecule has 1 atom stereocenters. The molecular formula is C26H19N3O5S. The number of hydrogen-bond acceptors (Lipinski definition) is 7. The molecule has 1 saturated heterocycles. The minimum absolute atomic E-state index is 0.0943. The van der Waals surface area contributed by atoms with E-state index in [-0.39, 0.29) is 17.0 Å². The molecular weight excluding hydrogens is 466 g/mol. The maximum absolute atomic E-state index is 13.3. The number of non-ortho nitro benzene ring substituents is 1. The lowest BCUT2D eigenvalue weighted by molar-refractivity contribution is -0.384. The molecule has 5 rings (SSSR count). The van der Waals surface area contributed by atoms with Crippen molar-refractivity contribution in [3.05, 3.63) is 105 Å². The molecule has 8 nitrogen and oxygen atoms in total. The Hall–Kier alpha value is -4.37. The maximum atomic E-state index is 13.3. The SMILES string of the molecule is Cc1ccc(C(O)=C2C(=O)C(=O)N(c3nc4ccc(C)cc4s3)[C@H]2c2ccc([N+](=O)[O-])cc2)cc1. The topological polar surface area (TPSA) is 114 Å². The third-order valence-corrected chi connectivity index (χ3v) is 6.95. The zero-order valence-corrected chi connectivity index (χ0v) is 19.6. The van der Waals surface area contributed by atoms with Gasteiger partial charge in [-0.2, -0.15) is 0 Å². The number of anilines is 1. The van der Waals surface area contributed by atoms with Gasteiger partial charge in [0.05, 0.1) is 26.8 Å². The van der Waals surface area contributed by atoms with Crippen LogP contribution >= 0.6 is 11.3 Å². The molecule has 0 spiro atoms. The molecule has 0 saturated carbocycles. The van der Waals surface area contributed by atoms with Gasteiger partial charge in [-0.15, -0.1) is 0 Å². The largest absolute Gasteiger partial charge is 0.507 e. The van der Waals surface area contributed by atoms with E-state index in [1.54, 1.807) is 24.3 Å². The van der Waals surface area contributed by atoms with Crippen molar-refractivity contribution in [2.45, 2.75) is 19.9 Å². The van der Waals surface area contributed by atoms with Gasteiger partial charge in [0.2, 0.25) is 0 Å². The van der Waals surface area contributed by atoms with Gasteiger partial charge in [-0.3, -0.25) is 24.6 Å². The number of nitro groups is 1. The van der Waals surface area contributed by atoms with Crippen molar-refractivity contribution in [1.82, 2.24) is 4.98 Å². The Morgan fingerprint density at radius 1 is 1.00 bits per heavy atom. The van der Waals surface area contributed by atoms with Crippen molar-refractivity contribution in [1.29, 1.82) is 0 Å². The molecule has 0 aliphatic carbocycles. The Morgan fingerprint density at radius 2 is 1.66 bits per heavy atom. The quantitative estimate of drug-likeness (QED) is 0.135. The molecule has 2 heterocycles. The highest BCUT2D eigenvalue weighted by Gasteiger charge is 2.48. The van der Waals surface area contributed by atoms with E-state index in [1.165, 1.54) is 40.5 Å². The summed E-state index contributed by atoms with van der Waals surface area (Å²) in [6.07, 6.45) is 0. The second-order valence-corrected chi connectivity index (χ2v) is 9.36. The first-order valence-corrected chi connectivity index (χ1v) is 11.6. The summed E-state index contributed by atoms with van der Waals surface area (Å²) in [6, 6.07) is 17.2. The van der Waals surface area contributed by atoms with E-state index in [0.29, 0.717) is 21.8 Å². The zero-order chi connectivity index (χ0) is 24.9. The van der Waals surface area contributed by atoms with Crippen molar-refractivity contribution in [3.8, 4) is 0 Å². The number of rotatable bonds is 4. The number of benzene rings is 3. The number of hydrogen-bond donors (Lipinski definition) is 1. The summed E-state index contributed by atoms with van der Waals surface area (Å²) < 4.78 is 0.850. The van der Waals surface area contributed by atoms with Crippen LogP contribution in [0.4, 0.5) is 10.8 Å². The van der Waals surface area contributed by atoms with Crippen LogP contribution in [0.25, 0.3) is 16.0 Å². The number of ketones is 1. The molecule has 1 aromatic heterocycles. The van der Waals surface area contributed by atoms with Crippen LogP contribution in [-0.4, -0.2) is 26.7 Å². The summed E-state index contributed by atoms with van der Waals surface area (Å²) >= 11 is 1.26. The van der Waals surface area contributed by atoms with E-state index in [1.807, 2.05) is 32.0 Å². The second-order valence-electron chi connectivity index (χ2n) is 8.35. The van der Waals surface area contributed by atoms with Crippen LogP contribution in [0, 0.1) is 24.0 Å². The van der Waals surface area contributed by atoms with Crippen molar-refractivity contribution in [3.63, 3.8) is 0 Å². The predicted octanol–water partition coefficient (Wildman–Crippen LogP) is 5.45. The summed E-state index contributed by atoms with van der Waals surface area (Å²) in [5, 5.41) is 22.6. The third-order valence-electron chi connectivity index (χ3n) is 5.93. The average molecular weight is 486 g/mol. The lowest BCUT2D eigenvalue weighted by atomic mass is 9.95. The standard InChI is InChI=1S/C26H19N3O5S/c1-14-3-6-17(7-4-14)23(30)21-22(16-8-10-18(11-9-16)29(33)34)28(25(32)24(21)31)26-27-19-12-5-15(2)13-20(19)35-26/h3-13,22,30H,1-2H3/t22-/m0/s1. The highest BCUT2D eigenvalue weighted by atomic mass is 32.1. The van der Waals surface area contributed by atoms with Gasteiger partial charge in [0.25, 0.3) is 11.5 Å². The molecule has 4 aromatic rings. The molecule has 1 amide bonds. The monoisotopic (exact) mass is 485 g/mol. The highest BCUT2D eigenvalue weighted by Crippen LogP contribution is 2.44. The number of amides is 1. The summed E-state index contributed by atoms with van der Waals surface area (Å²) in [4.78, 5) is 43.0. The summed E-state index contributed by atoms with van der Waals surface area (Å²) in [5.74, 6) is -1.98. The lowest BCUT2D eigenvalue weighted by Crippen LogP contribution is -2.29.